The number of alkyl halides is 3. The minimum atomic E-state index is -4.70. The number of hydrogen-bond acceptors (Lipinski definition) is 3. The molecule has 0 amide bonds. The van der Waals surface area contributed by atoms with Gasteiger partial charge in [0.05, 0.1) is 27.9 Å². The van der Waals surface area contributed by atoms with E-state index in [1.54, 1.807) is 6.07 Å². The predicted octanol–water partition coefficient (Wildman–Crippen LogP) is 3.79. The van der Waals surface area contributed by atoms with Crippen LogP contribution in [-0.4, -0.2) is 20.7 Å². The number of halogens is 4. The third-order valence-electron chi connectivity index (χ3n) is 3.07. The maximum Gasteiger partial charge on any atom is 0.417 e. The van der Waals surface area contributed by atoms with E-state index in [1.807, 2.05) is 0 Å². The smallest absolute Gasteiger partial charge is 0.267 e. The van der Waals surface area contributed by atoms with E-state index in [4.69, 9.17) is 11.6 Å². The topological polar surface area (TPSA) is 47.8 Å². The molecule has 0 atom stereocenters. The lowest BCUT2D eigenvalue weighted by molar-refractivity contribution is -0.137. The van der Waals surface area contributed by atoms with Crippen molar-refractivity contribution in [3.63, 3.8) is 0 Å². The van der Waals surface area contributed by atoms with Gasteiger partial charge in [-0.25, -0.2) is 0 Å². The van der Waals surface area contributed by atoms with Crippen molar-refractivity contribution in [2.24, 2.45) is 0 Å². The molecular formula is C14H7ClF3N3O. The van der Waals surface area contributed by atoms with E-state index >= 15 is 0 Å². The van der Waals surface area contributed by atoms with E-state index < -0.39 is 23.2 Å². The van der Waals surface area contributed by atoms with Gasteiger partial charge in [0.25, 0.3) is 5.91 Å². The molecule has 3 aromatic rings. The first-order valence-corrected chi connectivity index (χ1v) is 6.46. The molecule has 8 heteroatoms. The molecule has 0 saturated heterocycles. The SMILES string of the molecule is O=C(c1c(Cl)cccc1C(F)(F)F)n1ncc2ncccc21. The van der Waals surface area contributed by atoms with Gasteiger partial charge < -0.3 is 0 Å². The first-order chi connectivity index (χ1) is 10.4. The molecule has 0 unspecified atom stereocenters. The molecule has 0 spiro atoms. The number of rotatable bonds is 1. The quantitative estimate of drug-likeness (QED) is 0.684. The van der Waals surface area contributed by atoms with E-state index in [-0.39, 0.29) is 5.02 Å². The van der Waals surface area contributed by atoms with Crippen LogP contribution in [0, 0.1) is 0 Å². The average molecular weight is 326 g/mol. The fourth-order valence-electron chi connectivity index (χ4n) is 2.11. The van der Waals surface area contributed by atoms with Gasteiger partial charge >= 0.3 is 6.18 Å². The number of benzene rings is 1. The summed E-state index contributed by atoms with van der Waals surface area (Å²) in [6.45, 7) is 0. The van der Waals surface area contributed by atoms with Crippen LogP contribution in [-0.2, 0) is 6.18 Å². The van der Waals surface area contributed by atoms with Crippen molar-refractivity contribution >= 4 is 28.5 Å². The minimum absolute atomic E-state index is 0.285. The Hall–Kier alpha value is -2.41. The Bertz CT molecular complexity index is 873. The highest BCUT2D eigenvalue weighted by atomic mass is 35.5. The first kappa shape index (κ1) is 14.5. The van der Waals surface area contributed by atoms with Gasteiger partial charge in [-0.05, 0) is 24.3 Å². The van der Waals surface area contributed by atoms with Gasteiger partial charge in [0.15, 0.2) is 0 Å². The standard InChI is InChI=1S/C14H7ClF3N3O/c15-9-4-1-3-8(14(16,17)18)12(9)13(22)21-11-5-2-6-19-10(11)7-20-21/h1-7H. The summed E-state index contributed by atoms with van der Waals surface area (Å²) in [5.74, 6) is -0.957. The van der Waals surface area contributed by atoms with Crippen molar-refractivity contribution in [1.29, 1.82) is 0 Å². The maximum absolute atomic E-state index is 13.1. The Morgan fingerprint density at radius 3 is 2.68 bits per heavy atom. The lowest BCUT2D eigenvalue weighted by Crippen LogP contribution is -2.20. The van der Waals surface area contributed by atoms with Crippen LogP contribution in [0.4, 0.5) is 13.2 Å². The van der Waals surface area contributed by atoms with Crippen molar-refractivity contribution in [2.45, 2.75) is 6.18 Å². The normalized spacial score (nSPS) is 11.8. The molecular weight excluding hydrogens is 319 g/mol. The monoisotopic (exact) mass is 325 g/mol. The molecule has 0 aliphatic carbocycles. The first-order valence-electron chi connectivity index (χ1n) is 6.09. The second-order valence-electron chi connectivity index (χ2n) is 4.43. The molecule has 3 rings (SSSR count). The molecule has 112 valence electrons. The molecule has 2 heterocycles. The van der Waals surface area contributed by atoms with Crippen LogP contribution in [0.1, 0.15) is 15.9 Å². The van der Waals surface area contributed by atoms with E-state index in [2.05, 4.69) is 10.1 Å². The number of fused-ring (bicyclic) bond motifs is 1. The van der Waals surface area contributed by atoms with Crippen LogP contribution in [0.15, 0.2) is 42.7 Å². The lowest BCUT2D eigenvalue weighted by atomic mass is 10.1. The molecule has 2 aromatic heterocycles. The Balaban J connectivity index is 2.22. The molecule has 4 nitrogen and oxygen atoms in total. The van der Waals surface area contributed by atoms with Crippen LogP contribution in [0.25, 0.3) is 11.0 Å². The Morgan fingerprint density at radius 2 is 1.95 bits per heavy atom. The molecule has 0 aliphatic heterocycles. The second-order valence-corrected chi connectivity index (χ2v) is 4.84. The highest BCUT2D eigenvalue weighted by molar-refractivity contribution is 6.34. The van der Waals surface area contributed by atoms with Crippen LogP contribution < -0.4 is 0 Å². The second kappa shape index (κ2) is 5.10. The molecule has 1 aromatic carbocycles. The molecule has 0 aliphatic rings. The predicted molar refractivity (Wildman–Crippen MR) is 73.7 cm³/mol. The molecule has 22 heavy (non-hydrogen) atoms. The third-order valence-corrected chi connectivity index (χ3v) is 3.38. The van der Waals surface area contributed by atoms with Gasteiger partial charge in [-0.3, -0.25) is 9.78 Å². The van der Waals surface area contributed by atoms with Gasteiger partial charge in [0.1, 0.15) is 5.52 Å². The van der Waals surface area contributed by atoms with Crippen LogP contribution in [0.2, 0.25) is 5.02 Å². The van der Waals surface area contributed by atoms with Crippen molar-refractivity contribution in [3.8, 4) is 0 Å². The summed E-state index contributed by atoms with van der Waals surface area (Å²) in [7, 11) is 0. The van der Waals surface area contributed by atoms with Gasteiger partial charge in [-0.15, -0.1) is 0 Å². The molecule has 0 fully saturated rings. The largest absolute Gasteiger partial charge is 0.417 e. The number of pyridine rings is 1. The third kappa shape index (κ3) is 2.33. The fraction of sp³-hybridized carbons (Fsp3) is 0.0714. The summed E-state index contributed by atoms with van der Waals surface area (Å²) in [6, 6.07) is 6.28. The minimum Gasteiger partial charge on any atom is -0.267 e. The van der Waals surface area contributed by atoms with E-state index in [0.29, 0.717) is 11.0 Å². The number of aromatic nitrogens is 3. The zero-order valence-corrected chi connectivity index (χ0v) is 11.6. The summed E-state index contributed by atoms with van der Waals surface area (Å²) >= 11 is 5.82. The lowest BCUT2D eigenvalue weighted by Gasteiger charge is -2.13. The van der Waals surface area contributed by atoms with E-state index in [9.17, 15) is 18.0 Å². The highest BCUT2D eigenvalue weighted by Gasteiger charge is 2.37. The summed E-state index contributed by atoms with van der Waals surface area (Å²) in [5.41, 5.74) is -1.03. The number of carbonyl (C=O) groups is 1. The van der Waals surface area contributed by atoms with E-state index in [1.165, 1.54) is 24.5 Å². The number of carbonyl (C=O) groups excluding carboxylic acids is 1. The fourth-order valence-corrected chi connectivity index (χ4v) is 2.36. The van der Waals surface area contributed by atoms with Crippen molar-refractivity contribution < 1.29 is 18.0 Å². The average Bonchev–Trinajstić information content (AvgIpc) is 2.89. The zero-order valence-electron chi connectivity index (χ0n) is 10.8. The van der Waals surface area contributed by atoms with Crippen molar-refractivity contribution in [2.75, 3.05) is 0 Å². The van der Waals surface area contributed by atoms with Crippen molar-refractivity contribution in [3.05, 3.63) is 58.9 Å². The Morgan fingerprint density at radius 1 is 1.18 bits per heavy atom. The highest BCUT2D eigenvalue weighted by Crippen LogP contribution is 2.35. The van der Waals surface area contributed by atoms with Crippen LogP contribution in [0.5, 0.6) is 0 Å². The molecule has 0 bridgehead atoms. The molecule has 0 N–H and O–H groups in total. The Kier molecular flexibility index (Phi) is 3.37. The van der Waals surface area contributed by atoms with Gasteiger partial charge in [-0.2, -0.15) is 23.0 Å². The zero-order chi connectivity index (χ0) is 15.9. The summed E-state index contributed by atoms with van der Waals surface area (Å²) in [6.07, 6.45) is -1.90. The van der Waals surface area contributed by atoms with E-state index in [0.717, 1.165) is 16.8 Å². The van der Waals surface area contributed by atoms with Gasteiger partial charge in [-0.1, -0.05) is 17.7 Å². The Labute approximate surface area is 127 Å². The molecule has 0 saturated carbocycles. The number of hydrogen-bond donors (Lipinski definition) is 0. The van der Waals surface area contributed by atoms with Crippen LogP contribution in [0.3, 0.4) is 0 Å². The summed E-state index contributed by atoms with van der Waals surface area (Å²) in [5, 5.41) is 3.53. The van der Waals surface area contributed by atoms with Crippen molar-refractivity contribution in [1.82, 2.24) is 14.8 Å². The van der Waals surface area contributed by atoms with Gasteiger partial charge in [0.2, 0.25) is 0 Å². The summed E-state index contributed by atoms with van der Waals surface area (Å²) in [4.78, 5) is 16.5. The maximum atomic E-state index is 13.1. The van der Waals surface area contributed by atoms with Gasteiger partial charge in [0, 0.05) is 6.20 Å². The molecule has 0 radical (unpaired) electrons. The van der Waals surface area contributed by atoms with Crippen LogP contribution >= 0.6 is 11.6 Å². The summed E-state index contributed by atoms with van der Waals surface area (Å²) < 4.78 is 40.1. The number of nitrogens with zero attached hydrogens (tertiary/aromatic N) is 3.